The Morgan fingerprint density at radius 3 is 2.05 bits per heavy atom. The second-order valence-electron chi connectivity index (χ2n) is 4.47. The van der Waals surface area contributed by atoms with Gasteiger partial charge in [-0.3, -0.25) is 9.59 Å². The van der Waals surface area contributed by atoms with Gasteiger partial charge in [-0.25, -0.2) is 4.90 Å². The molecule has 0 bridgehead atoms. The topological polar surface area (TPSA) is 63.4 Å². The highest BCUT2D eigenvalue weighted by atomic mass is 35.5. The van der Waals surface area contributed by atoms with Gasteiger partial charge in [-0.2, -0.15) is 0 Å². The summed E-state index contributed by atoms with van der Waals surface area (Å²) in [5.41, 5.74) is 6.65. The molecule has 0 radical (unpaired) electrons. The van der Waals surface area contributed by atoms with Gasteiger partial charge >= 0.3 is 0 Å². The summed E-state index contributed by atoms with van der Waals surface area (Å²) >= 11 is 18.0. The molecule has 7 heteroatoms. The monoisotopic (exact) mass is 340 g/mol. The summed E-state index contributed by atoms with van der Waals surface area (Å²) in [5.74, 6) is -1.02. The Balaban J connectivity index is 2.19. The predicted molar refractivity (Wildman–Crippen MR) is 83.5 cm³/mol. The Morgan fingerprint density at radius 1 is 0.857 bits per heavy atom. The summed E-state index contributed by atoms with van der Waals surface area (Å²) in [4.78, 5) is 25.8. The van der Waals surface area contributed by atoms with Crippen LogP contribution in [0.3, 0.4) is 0 Å². The van der Waals surface area contributed by atoms with Crippen molar-refractivity contribution in [3.8, 4) is 0 Å². The highest BCUT2D eigenvalue weighted by molar-refractivity contribution is 6.46. The molecule has 0 fully saturated rings. The number of anilines is 2. The van der Waals surface area contributed by atoms with E-state index in [9.17, 15) is 9.59 Å². The Kier molecular flexibility index (Phi) is 3.32. The third-order valence-corrected chi connectivity index (χ3v) is 3.91. The van der Waals surface area contributed by atoms with Crippen molar-refractivity contribution in [3.05, 3.63) is 56.5 Å². The molecule has 3 rings (SSSR count). The van der Waals surface area contributed by atoms with Gasteiger partial charge in [0.25, 0.3) is 11.8 Å². The summed E-state index contributed by atoms with van der Waals surface area (Å²) in [6, 6.07) is 7.35. The smallest absolute Gasteiger partial charge is 0.266 e. The first kappa shape index (κ1) is 14.2. The fraction of sp³-hybridized carbons (Fsp3) is 0. The van der Waals surface area contributed by atoms with Crippen molar-refractivity contribution in [2.45, 2.75) is 0 Å². The number of benzene rings is 2. The van der Waals surface area contributed by atoms with Crippen molar-refractivity contribution in [1.29, 1.82) is 0 Å². The van der Waals surface area contributed by atoms with Gasteiger partial charge in [-0.05, 0) is 30.3 Å². The molecular formula is C14H7Cl3N2O2. The van der Waals surface area contributed by atoms with Gasteiger partial charge in [-0.15, -0.1) is 0 Å². The highest BCUT2D eigenvalue weighted by Gasteiger charge is 2.38. The van der Waals surface area contributed by atoms with Crippen molar-refractivity contribution in [2.75, 3.05) is 10.6 Å². The van der Waals surface area contributed by atoms with E-state index in [4.69, 9.17) is 40.5 Å². The van der Waals surface area contributed by atoms with Crippen molar-refractivity contribution >= 4 is 58.0 Å². The lowest BCUT2D eigenvalue weighted by Gasteiger charge is -2.17. The Labute approximate surface area is 135 Å². The van der Waals surface area contributed by atoms with E-state index in [2.05, 4.69) is 0 Å². The number of nitrogens with zero attached hydrogens (tertiary/aromatic N) is 1. The average molecular weight is 342 g/mol. The van der Waals surface area contributed by atoms with Gasteiger partial charge in [0, 0.05) is 10.7 Å². The summed E-state index contributed by atoms with van der Waals surface area (Å²) in [7, 11) is 0. The molecule has 2 amide bonds. The number of nitrogen functional groups attached to an aromatic ring is 1. The van der Waals surface area contributed by atoms with Crippen molar-refractivity contribution in [2.24, 2.45) is 0 Å². The molecule has 0 spiro atoms. The first-order valence-electron chi connectivity index (χ1n) is 5.83. The van der Waals surface area contributed by atoms with Gasteiger partial charge in [0.15, 0.2) is 0 Å². The third-order valence-electron chi connectivity index (χ3n) is 3.12. The lowest BCUT2D eigenvalue weighted by molar-refractivity contribution is 0.0926. The second-order valence-corrected chi connectivity index (χ2v) is 5.72. The molecule has 0 atom stereocenters. The molecule has 0 aliphatic carbocycles. The van der Waals surface area contributed by atoms with E-state index >= 15 is 0 Å². The van der Waals surface area contributed by atoms with E-state index in [1.54, 1.807) is 6.07 Å². The minimum Gasteiger partial charge on any atom is -0.399 e. The van der Waals surface area contributed by atoms with Crippen molar-refractivity contribution < 1.29 is 9.59 Å². The predicted octanol–water partition coefficient (Wildman–Crippen LogP) is 4.03. The molecular weight excluding hydrogens is 335 g/mol. The van der Waals surface area contributed by atoms with Crippen LogP contribution >= 0.6 is 34.8 Å². The van der Waals surface area contributed by atoms with Crippen LogP contribution in [-0.2, 0) is 0 Å². The number of nitrogens with two attached hydrogens (primary N) is 1. The minimum absolute atomic E-state index is 0.118. The standard InChI is InChI=1S/C14H7Cl3N2O2/c15-6-3-10(16)12(11(17)4-6)19-13(20)8-2-1-7(18)5-9(8)14(19)21/h1-5H,18H2. The van der Waals surface area contributed by atoms with Crippen LogP contribution in [0.15, 0.2) is 30.3 Å². The number of amides is 2. The molecule has 21 heavy (non-hydrogen) atoms. The number of carbonyl (C=O) groups is 2. The van der Waals surface area contributed by atoms with Crippen LogP contribution in [0.2, 0.25) is 15.1 Å². The SMILES string of the molecule is Nc1ccc2c(c1)C(=O)N(c1c(Cl)cc(Cl)cc1Cl)C2=O. The van der Waals surface area contributed by atoms with Gasteiger partial charge < -0.3 is 5.73 Å². The highest BCUT2D eigenvalue weighted by Crippen LogP contribution is 2.40. The average Bonchev–Trinajstić information content (AvgIpc) is 2.62. The largest absolute Gasteiger partial charge is 0.399 e. The Hall–Kier alpha value is -1.75. The van der Waals surface area contributed by atoms with Crippen LogP contribution in [0.4, 0.5) is 11.4 Å². The van der Waals surface area contributed by atoms with Crippen LogP contribution in [0, 0.1) is 0 Å². The first-order valence-corrected chi connectivity index (χ1v) is 6.96. The van der Waals surface area contributed by atoms with Crippen LogP contribution in [-0.4, -0.2) is 11.8 Å². The van der Waals surface area contributed by atoms with Gasteiger partial charge in [0.2, 0.25) is 0 Å². The van der Waals surface area contributed by atoms with Crippen molar-refractivity contribution in [1.82, 2.24) is 0 Å². The zero-order valence-corrected chi connectivity index (χ0v) is 12.6. The fourth-order valence-corrected chi connectivity index (χ4v) is 3.20. The van der Waals surface area contributed by atoms with Crippen LogP contribution in [0.1, 0.15) is 20.7 Å². The van der Waals surface area contributed by atoms with Crippen LogP contribution in [0.5, 0.6) is 0 Å². The number of carbonyl (C=O) groups excluding carboxylic acids is 2. The van der Waals surface area contributed by atoms with Gasteiger partial charge in [0.1, 0.15) is 0 Å². The second kappa shape index (κ2) is 4.91. The first-order chi connectivity index (χ1) is 9.90. The molecule has 1 aliphatic rings. The van der Waals surface area contributed by atoms with Crippen molar-refractivity contribution in [3.63, 3.8) is 0 Å². The molecule has 0 aromatic heterocycles. The number of hydrogen-bond donors (Lipinski definition) is 1. The quantitative estimate of drug-likeness (QED) is 0.629. The summed E-state index contributed by atoms with van der Waals surface area (Å²) in [5, 5.41) is 0.555. The molecule has 1 aliphatic heterocycles. The molecule has 0 unspecified atom stereocenters. The van der Waals surface area contributed by atoms with Gasteiger partial charge in [0.05, 0.1) is 26.9 Å². The van der Waals surface area contributed by atoms with E-state index in [1.165, 1.54) is 24.3 Å². The lowest BCUT2D eigenvalue weighted by Crippen LogP contribution is -2.30. The molecule has 2 N–H and O–H groups in total. The lowest BCUT2D eigenvalue weighted by atomic mass is 10.1. The van der Waals surface area contributed by atoms with E-state index in [0.29, 0.717) is 10.7 Å². The van der Waals surface area contributed by atoms with E-state index in [0.717, 1.165) is 4.90 Å². The molecule has 106 valence electrons. The fourth-order valence-electron chi connectivity index (χ4n) is 2.21. The molecule has 2 aromatic carbocycles. The number of hydrogen-bond acceptors (Lipinski definition) is 3. The van der Waals surface area contributed by atoms with Crippen LogP contribution < -0.4 is 10.6 Å². The molecule has 0 saturated heterocycles. The zero-order valence-electron chi connectivity index (χ0n) is 10.4. The van der Waals surface area contributed by atoms with Crippen LogP contribution in [0.25, 0.3) is 0 Å². The minimum atomic E-state index is -0.520. The Bertz CT molecular complexity index is 782. The number of halogens is 3. The number of fused-ring (bicyclic) bond motifs is 1. The number of rotatable bonds is 1. The molecule has 1 heterocycles. The summed E-state index contributed by atoms with van der Waals surface area (Å²) in [6.07, 6.45) is 0. The normalized spacial score (nSPS) is 13.8. The molecule has 0 saturated carbocycles. The van der Waals surface area contributed by atoms with E-state index in [1.807, 2.05) is 0 Å². The number of imide groups is 1. The Morgan fingerprint density at radius 2 is 1.43 bits per heavy atom. The summed E-state index contributed by atoms with van der Waals surface area (Å²) < 4.78 is 0. The van der Waals surface area contributed by atoms with E-state index < -0.39 is 11.8 Å². The summed E-state index contributed by atoms with van der Waals surface area (Å²) in [6.45, 7) is 0. The van der Waals surface area contributed by atoms with E-state index in [-0.39, 0.29) is 26.9 Å². The third kappa shape index (κ3) is 2.16. The maximum atomic E-state index is 12.4. The zero-order chi connectivity index (χ0) is 15.3. The van der Waals surface area contributed by atoms with Gasteiger partial charge in [-0.1, -0.05) is 34.8 Å². The maximum Gasteiger partial charge on any atom is 0.266 e. The molecule has 2 aromatic rings. The molecule has 4 nitrogen and oxygen atoms in total. The maximum absolute atomic E-state index is 12.4.